The summed E-state index contributed by atoms with van der Waals surface area (Å²) < 4.78 is 0. The number of carbonyl (C=O) groups is 1. The second-order valence-electron chi connectivity index (χ2n) is 7.02. The molecule has 3 heterocycles. The van der Waals surface area contributed by atoms with E-state index in [1.54, 1.807) is 0 Å². The Bertz CT molecular complexity index is 931. The molecule has 27 heavy (non-hydrogen) atoms. The third-order valence-corrected chi connectivity index (χ3v) is 6.20. The summed E-state index contributed by atoms with van der Waals surface area (Å²) in [7, 11) is 0. The molecule has 1 saturated heterocycles. The molecule has 3 aromatic rings. The van der Waals surface area contributed by atoms with E-state index in [0.29, 0.717) is 0 Å². The monoisotopic (exact) mass is 380 g/mol. The lowest BCUT2D eigenvalue weighted by atomic mass is 9.90. The van der Waals surface area contributed by atoms with Crippen LogP contribution in [0.25, 0.3) is 11.1 Å². The summed E-state index contributed by atoms with van der Waals surface area (Å²) >= 11 is 1.52. The van der Waals surface area contributed by atoms with Crippen molar-refractivity contribution < 1.29 is 4.79 Å². The maximum absolute atomic E-state index is 13.1. The molecule has 6 heteroatoms. The highest BCUT2D eigenvalue weighted by Crippen LogP contribution is 2.34. The fraction of sp³-hybridized carbons (Fsp3) is 0.381. The van der Waals surface area contributed by atoms with E-state index in [-0.39, 0.29) is 11.8 Å². The predicted molar refractivity (Wildman–Crippen MR) is 108 cm³/mol. The molecule has 1 fully saturated rings. The Kier molecular flexibility index (Phi) is 5.07. The molecule has 0 unspecified atom stereocenters. The third-order valence-electron chi connectivity index (χ3n) is 5.20. The van der Waals surface area contributed by atoms with E-state index in [1.807, 2.05) is 36.2 Å². The van der Waals surface area contributed by atoms with Gasteiger partial charge in [0.1, 0.15) is 4.88 Å². The Labute approximate surface area is 163 Å². The van der Waals surface area contributed by atoms with Crippen LogP contribution in [0.4, 0.5) is 0 Å². The van der Waals surface area contributed by atoms with E-state index < -0.39 is 0 Å². The number of amides is 1. The van der Waals surface area contributed by atoms with Crippen LogP contribution in [0.15, 0.2) is 36.5 Å². The van der Waals surface area contributed by atoms with Crippen molar-refractivity contribution in [2.45, 2.75) is 39.0 Å². The molecule has 0 bridgehead atoms. The molecule has 1 atom stereocenters. The van der Waals surface area contributed by atoms with Gasteiger partial charge in [0.15, 0.2) is 0 Å². The topological polar surface area (TPSA) is 61.9 Å². The molecule has 1 aromatic carbocycles. The van der Waals surface area contributed by atoms with E-state index in [4.69, 9.17) is 0 Å². The largest absolute Gasteiger partial charge is 0.337 e. The number of nitrogens with zero attached hydrogens (tertiary/aromatic N) is 3. The van der Waals surface area contributed by atoms with Crippen molar-refractivity contribution in [1.82, 2.24) is 20.1 Å². The van der Waals surface area contributed by atoms with Crippen molar-refractivity contribution in [3.05, 3.63) is 57.8 Å². The van der Waals surface area contributed by atoms with Crippen LogP contribution < -0.4 is 0 Å². The highest BCUT2D eigenvalue weighted by molar-refractivity contribution is 7.13. The Balaban J connectivity index is 1.57. The molecule has 140 valence electrons. The zero-order valence-corrected chi connectivity index (χ0v) is 16.6. The molecule has 0 saturated carbocycles. The Hall–Kier alpha value is -2.47. The van der Waals surface area contributed by atoms with Crippen LogP contribution in [0.5, 0.6) is 0 Å². The van der Waals surface area contributed by atoms with Gasteiger partial charge in [0.05, 0.1) is 16.9 Å². The summed E-state index contributed by atoms with van der Waals surface area (Å²) in [5.74, 6) is 0.405. The summed E-state index contributed by atoms with van der Waals surface area (Å²) in [6.07, 6.45) is 4.76. The number of nitrogens with one attached hydrogen (secondary N) is 1. The normalized spacial score (nSPS) is 17.3. The summed E-state index contributed by atoms with van der Waals surface area (Å²) in [5, 5.41) is 8.46. The minimum atomic E-state index is 0.128. The standard InChI is InChI=1S/C21H24N4OS/c1-3-18-20(27-14(2)23-18)21(26)25-11-7-10-16(13-25)19-17(12-22-24-19)15-8-5-4-6-9-15/h4-6,8-9,12,16H,3,7,10-11,13H2,1-2H3,(H,22,24)/t16-/m0/s1. The first kappa shape index (κ1) is 17.9. The zero-order chi connectivity index (χ0) is 18.8. The molecule has 5 nitrogen and oxygen atoms in total. The fourth-order valence-corrected chi connectivity index (χ4v) is 4.85. The van der Waals surface area contributed by atoms with Gasteiger partial charge in [0.2, 0.25) is 0 Å². The van der Waals surface area contributed by atoms with Gasteiger partial charge in [0, 0.05) is 30.3 Å². The predicted octanol–water partition coefficient (Wildman–Crippen LogP) is 4.42. The van der Waals surface area contributed by atoms with E-state index in [1.165, 1.54) is 11.3 Å². The molecular formula is C21H24N4OS. The van der Waals surface area contributed by atoms with Crippen molar-refractivity contribution in [2.75, 3.05) is 13.1 Å². The van der Waals surface area contributed by atoms with Gasteiger partial charge in [-0.05, 0) is 31.7 Å². The molecule has 2 aromatic heterocycles. The lowest BCUT2D eigenvalue weighted by Gasteiger charge is -2.32. The van der Waals surface area contributed by atoms with E-state index in [2.05, 4.69) is 34.2 Å². The molecule has 1 aliphatic heterocycles. The summed E-state index contributed by atoms with van der Waals surface area (Å²) in [6, 6.07) is 10.3. The molecule has 0 aliphatic carbocycles. The van der Waals surface area contributed by atoms with Gasteiger partial charge >= 0.3 is 0 Å². The van der Waals surface area contributed by atoms with Crippen LogP contribution in [0, 0.1) is 6.92 Å². The minimum Gasteiger partial charge on any atom is -0.337 e. The first-order valence-corrected chi connectivity index (χ1v) is 10.3. The summed E-state index contributed by atoms with van der Waals surface area (Å²) in [5.41, 5.74) is 4.36. The van der Waals surface area contributed by atoms with Gasteiger partial charge in [-0.25, -0.2) is 4.98 Å². The SMILES string of the molecule is CCc1nc(C)sc1C(=O)N1CCC[C@H](c2[nH]ncc2-c2ccccc2)C1. The first-order valence-electron chi connectivity index (χ1n) is 9.51. The number of hydrogen-bond donors (Lipinski definition) is 1. The number of aromatic nitrogens is 3. The van der Waals surface area contributed by atoms with Crippen molar-refractivity contribution in [2.24, 2.45) is 0 Å². The van der Waals surface area contributed by atoms with Crippen LogP contribution in [0.3, 0.4) is 0 Å². The summed E-state index contributed by atoms with van der Waals surface area (Å²) in [6.45, 7) is 5.56. The number of benzene rings is 1. The lowest BCUT2D eigenvalue weighted by Crippen LogP contribution is -2.39. The van der Waals surface area contributed by atoms with Crippen molar-refractivity contribution in [3.63, 3.8) is 0 Å². The third kappa shape index (κ3) is 3.54. The number of carbonyl (C=O) groups excluding carboxylic acids is 1. The smallest absolute Gasteiger partial charge is 0.265 e. The van der Waals surface area contributed by atoms with Crippen LogP contribution in [-0.4, -0.2) is 39.1 Å². The average molecular weight is 381 g/mol. The second-order valence-corrected chi connectivity index (χ2v) is 8.22. The molecule has 1 amide bonds. The first-order chi connectivity index (χ1) is 13.2. The Morgan fingerprint density at radius 1 is 1.33 bits per heavy atom. The van der Waals surface area contributed by atoms with E-state index >= 15 is 0 Å². The van der Waals surface area contributed by atoms with Gasteiger partial charge in [-0.1, -0.05) is 37.3 Å². The Morgan fingerprint density at radius 2 is 2.15 bits per heavy atom. The number of aromatic amines is 1. The van der Waals surface area contributed by atoms with Crippen LogP contribution in [0.2, 0.25) is 0 Å². The number of rotatable bonds is 4. The zero-order valence-electron chi connectivity index (χ0n) is 15.7. The number of H-pyrrole nitrogens is 1. The van der Waals surface area contributed by atoms with Gasteiger partial charge in [-0.3, -0.25) is 9.89 Å². The van der Waals surface area contributed by atoms with Gasteiger partial charge in [0.25, 0.3) is 5.91 Å². The summed E-state index contributed by atoms with van der Waals surface area (Å²) in [4.78, 5) is 20.5. The van der Waals surface area contributed by atoms with Gasteiger partial charge in [-0.15, -0.1) is 11.3 Å². The van der Waals surface area contributed by atoms with E-state index in [9.17, 15) is 4.79 Å². The fourth-order valence-electron chi connectivity index (χ4n) is 3.87. The number of likely N-dealkylation sites (tertiary alicyclic amines) is 1. The average Bonchev–Trinajstić information content (AvgIpc) is 3.34. The second kappa shape index (κ2) is 7.64. The quantitative estimate of drug-likeness (QED) is 0.729. The molecule has 1 N–H and O–H groups in total. The van der Waals surface area contributed by atoms with Crippen molar-refractivity contribution in [3.8, 4) is 11.1 Å². The molecule has 0 radical (unpaired) electrons. The van der Waals surface area contributed by atoms with Gasteiger partial charge < -0.3 is 4.90 Å². The lowest BCUT2D eigenvalue weighted by molar-refractivity contribution is 0.0709. The highest BCUT2D eigenvalue weighted by atomic mass is 32.1. The molecule has 0 spiro atoms. The van der Waals surface area contributed by atoms with Crippen molar-refractivity contribution in [1.29, 1.82) is 0 Å². The van der Waals surface area contributed by atoms with Gasteiger partial charge in [-0.2, -0.15) is 5.10 Å². The number of piperidine rings is 1. The molecule has 4 rings (SSSR count). The van der Waals surface area contributed by atoms with Crippen LogP contribution >= 0.6 is 11.3 Å². The molecular weight excluding hydrogens is 356 g/mol. The Morgan fingerprint density at radius 3 is 2.93 bits per heavy atom. The molecule has 1 aliphatic rings. The van der Waals surface area contributed by atoms with Crippen LogP contribution in [-0.2, 0) is 6.42 Å². The highest BCUT2D eigenvalue weighted by Gasteiger charge is 2.30. The minimum absolute atomic E-state index is 0.128. The number of aryl methyl sites for hydroxylation is 2. The number of thiazole rings is 1. The number of hydrogen-bond acceptors (Lipinski definition) is 4. The van der Waals surface area contributed by atoms with E-state index in [0.717, 1.165) is 64.8 Å². The van der Waals surface area contributed by atoms with Crippen LogP contribution in [0.1, 0.15) is 51.8 Å². The maximum atomic E-state index is 13.1. The maximum Gasteiger partial charge on any atom is 0.265 e. The van der Waals surface area contributed by atoms with Crippen molar-refractivity contribution >= 4 is 17.2 Å².